The van der Waals surface area contributed by atoms with Gasteiger partial charge in [0.2, 0.25) is 5.91 Å². The van der Waals surface area contributed by atoms with Crippen LogP contribution in [0.5, 0.6) is 5.75 Å². The van der Waals surface area contributed by atoms with Gasteiger partial charge in [-0.25, -0.2) is 0 Å². The van der Waals surface area contributed by atoms with Gasteiger partial charge in [-0.05, 0) is 36.5 Å². The number of amides is 1. The summed E-state index contributed by atoms with van der Waals surface area (Å²) in [7, 11) is 1.58. The highest BCUT2D eigenvalue weighted by atomic mass is 35.5. The predicted molar refractivity (Wildman–Crippen MR) is 119 cm³/mol. The van der Waals surface area contributed by atoms with Crippen molar-refractivity contribution in [3.05, 3.63) is 28.8 Å². The first-order valence-electron chi connectivity index (χ1n) is 10.2. The molecular formula is C23H33ClN2O4. The lowest BCUT2D eigenvalue weighted by Gasteiger charge is -2.27. The highest BCUT2D eigenvalue weighted by Gasteiger charge is 2.48. The van der Waals surface area contributed by atoms with Crippen molar-refractivity contribution in [2.24, 2.45) is 11.3 Å². The molecule has 1 aliphatic rings. The summed E-state index contributed by atoms with van der Waals surface area (Å²) in [4.78, 5) is 13.1. The summed E-state index contributed by atoms with van der Waals surface area (Å²) in [6.45, 7) is 6.33. The maximum Gasteiger partial charge on any atom is 0.237 e. The normalized spacial score (nSPS) is 24.9. The molecule has 166 valence electrons. The Bertz CT molecular complexity index is 771. The first kappa shape index (κ1) is 24.5. The molecule has 1 aromatic rings. The van der Waals surface area contributed by atoms with Crippen LogP contribution in [0.15, 0.2) is 18.2 Å². The van der Waals surface area contributed by atoms with Crippen LogP contribution in [0, 0.1) is 23.7 Å². The molecule has 30 heavy (non-hydrogen) atoms. The van der Waals surface area contributed by atoms with Crippen molar-refractivity contribution in [3.8, 4) is 18.1 Å². The van der Waals surface area contributed by atoms with Gasteiger partial charge in [0.15, 0.2) is 0 Å². The molecular weight excluding hydrogens is 404 g/mol. The number of carbonyl (C=O) groups excluding carboxylic acids is 1. The highest BCUT2D eigenvalue weighted by molar-refractivity contribution is 6.30. The minimum absolute atomic E-state index is 0.0202. The number of aliphatic hydroxyl groups is 2. The molecule has 5 atom stereocenters. The Morgan fingerprint density at radius 3 is 2.70 bits per heavy atom. The first-order valence-corrected chi connectivity index (χ1v) is 10.6. The van der Waals surface area contributed by atoms with Crippen LogP contribution in [0.25, 0.3) is 0 Å². The summed E-state index contributed by atoms with van der Waals surface area (Å²) in [5.74, 6) is 2.79. The maximum atomic E-state index is 13.1. The molecule has 0 spiro atoms. The van der Waals surface area contributed by atoms with Crippen LogP contribution in [-0.4, -0.2) is 54.6 Å². The first-order chi connectivity index (χ1) is 14.1. The average Bonchev–Trinajstić information content (AvgIpc) is 3.03. The molecule has 0 radical (unpaired) electrons. The second-order valence-corrected chi connectivity index (χ2v) is 9.47. The minimum atomic E-state index is -0.863. The van der Waals surface area contributed by atoms with E-state index in [4.69, 9.17) is 27.9 Å². The smallest absolute Gasteiger partial charge is 0.237 e. The van der Waals surface area contributed by atoms with Crippen molar-refractivity contribution in [2.75, 3.05) is 20.3 Å². The number of ether oxygens (including phenoxy) is 1. The van der Waals surface area contributed by atoms with Crippen LogP contribution in [0.3, 0.4) is 0 Å². The van der Waals surface area contributed by atoms with Crippen LogP contribution in [0.2, 0.25) is 5.02 Å². The third-order valence-electron chi connectivity index (χ3n) is 5.42. The van der Waals surface area contributed by atoms with Gasteiger partial charge in [-0.2, -0.15) is 0 Å². The fraction of sp³-hybridized carbons (Fsp3) is 0.609. The zero-order valence-electron chi connectivity index (χ0n) is 18.1. The Balaban J connectivity index is 2.37. The van der Waals surface area contributed by atoms with E-state index in [1.807, 2.05) is 6.07 Å². The number of terminal acetylenes is 1. The van der Waals surface area contributed by atoms with E-state index in [-0.39, 0.29) is 48.8 Å². The topological polar surface area (TPSA) is 90.8 Å². The number of methoxy groups -OCH3 is 1. The molecule has 4 N–H and O–H groups in total. The summed E-state index contributed by atoms with van der Waals surface area (Å²) in [6, 6.07) is 4.72. The van der Waals surface area contributed by atoms with E-state index < -0.39 is 12.1 Å². The number of hydrogen-bond acceptors (Lipinski definition) is 5. The molecule has 7 heteroatoms. The quantitative estimate of drug-likeness (QED) is 0.469. The predicted octanol–water partition coefficient (Wildman–Crippen LogP) is 2.32. The van der Waals surface area contributed by atoms with E-state index in [1.165, 1.54) is 0 Å². The van der Waals surface area contributed by atoms with E-state index >= 15 is 0 Å². The molecule has 0 aliphatic carbocycles. The Labute approximate surface area is 184 Å². The second-order valence-electron chi connectivity index (χ2n) is 9.04. The van der Waals surface area contributed by atoms with Gasteiger partial charge in [-0.3, -0.25) is 4.79 Å². The molecule has 0 aromatic heterocycles. The fourth-order valence-electron chi connectivity index (χ4n) is 4.10. The maximum absolute atomic E-state index is 13.1. The van der Waals surface area contributed by atoms with Crippen LogP contribution >= 0.6 is 11.6 Å². The standard InChI is InChI=1S/C23H33ClN2O4/c1-6-16-18(12-23(2,3)4)26-21(22(29)25-10-9-15(28)13-27)20(16)17-11-14(24)7-8-19(17)30-5/h1,7-8,11,15-16,18,20-21,26-28H,9-10,12-13H2,2-5H3,(H,25,29)/t15-,16?,18-,20-,21+/m0/s1. The number of rotatable bonds is 8. The van der Waals surface area contributed by atoms with E-state index in [9.17, 15) is 9.90 Å². The molecule has 1 amide bonds. The number of hydrogen-bond donors (Lipinski definition) is 4. The number of aliphatic hydroxyl groups excluding tert-OH is 2. The Morgan fingerprint density at radius 1 is 1.43 bits per heavy atom. The van der Waals surface area contributed by atoms with Gasteiger partial charge >= 0.3 is 0 Å². The molecule has 1 heterocycles. The molecule has 1 aliphatic heterocycles. The molecule has 0 bridgehead atoms. The Hall–Kier alpha value is -1.78. The van der Waals surface area contributed by atoms with Crippen LogP contribution in [-0.2, 0) is 4.79 Å². The zero-order valence-corrected chi connectivity index (χ0v) is 18.9. The van der Waals surface area contributed by atoms with Gasteiger partial charge in [0.1, 0.15) is 5.75 Å². The lowest BCUT2D eigenvalue weighted by molar-refractivity contribution is -0.123. The molecule has 1 unspecified atom stereocenters. The van der Waals surface area contributed by atoms with E-state index in [1.54, 1.807) is 19.2 Å². The van der Waals surface area contributed by atoms with Crippen LogP contribution in [0.4, 0.5) is 0 Å². The third kappa shape index (κ3) is 6.12. The zero-order chi connectivity index (χ0) is 22.5. The average molecular weight is 437 g/mol. The summed E-state index contributed by atoms with van der Waals surface area (Å²) in [6.07, 6.45) is 6.17. The van der Waals surface area contributed by atoms with Crippen molar-refractivity contribution < 1.29 is 19.7 Å². The number of carbonyl (C=O) groups is 1. The summed E-state index contributed by atoms with van der Waals surface area (Å²) in [5, 5.41) is 25.4. The van der Waals surface area contributed by atoms with Crippen molar-refractivity contribution >= 4 is 17.5 Å². The summed E-state index contributed by atoms with van der Waals surface area (Å²) < 4.78 is 5.55. The molecule has 1 saturated heterocycles. The number of halogens is 1. The SMILES string of the molecule is C#CC1[C@H](CC(C)(C)C)N[C@@H](C(=O)NCC[C@H](O)CO)[C@@H]1c1cc(Cl)ccc1OC. The lowest BCUT2D eigenvalue weighted by Crippen LogP contribution is -2.46. The number of nitrogens with one attached hydrogen (secondary N) is 2. The fourth-order valence-corrected chi connectivity index (χ4v) is 4.28. The third-order valence-corrected chi connectivity index (χ3v) is 5.65. The van der Waals surface area contributed by atoms with Gasteiger partial charge < -0.3 is 25.6 Å². The van der Waals surface area contributed by atoms with E-state index in [0.29, 0.717) is 10.8 Å². The second kappa shape index (κ2) is 10.5. The van der Waals surface area contributed by atoms with Crippen LogP contribution < -0.4 is 15.4 Å². The molecule has 1 fully saturated rings. The number of benzene rings is 1. The van der Waals surface area contributed by atoms with Crippen molar-refractivity contribution in [3.63, 3.8) is 0 Å². The van der Waals surface area contributed by atoms with E-state index in [0.717, 1.165) is 12.0 Å². The van der Waals surface area contributed by atoms with Crippen molar-refractivity contribution in [1.29, 1.82) is 0 Å². The summed E-state index contributed by atoms with van der Waals surface area (Å²) in [5.41, 5.74) is 0.819. The van der Waals surface area contributed by atoms with Gasteiger partial charge in [-0.15, -0.1) is 12.3 Å². The van der Waals surface area contributed by atoms with E-state index in [2.05, 4.69) is 37.3 Å². The molecule has 0 saturated carbocycles. The van der Waals surface area contributed by atoms with Crippen LogP contribution in [0.1, 0.15) is 45.1 Å². The van der Waals surface area contributed by atoms with Crippen molar-refractivity contribution in [1.82, 2.24) is 10.6 Å². The van der Waals surface area contributed by atoms with Crippen molar-refractivity contribution in [2.45, 2.75) is 57.7 Å². The molecule has 6 nitrogen and oxygen atoms in total. The molecule has 1 aromatic carbocycles. The van der Waals surface area contributed by atoms with Gasteiger partial charge in [0.05, 0.1) is 25.9 Å². The lowest BCUT2D eigenvalue weighted by atomic mass is 9.77. The monoisotopic (exact) mass is 436 g/mol. The summed E-state index contributed by atoms with van der Waals surface area (Å²) >= 11 is 6.27. The van der Waals surface area contributed by atoms with Gasteiger partial charge in [0, 0.05) is 35.0 Å². The van der Waals surface area contributed by atoms with Gasteiger partial charge in [0.25, 0.3) is 0 Å². The Kier molecular flexibility index (Phi) is 8.57. The largest absolute Gasteiger partial charge is 0.496 e. The Morgan fingerprint density at radius 2 is 2.13 bits per heavy atom. The molecule has 2 rings (SSSR count). The minimum Gasteiger partial charge on any atom is -0.496 e. The highest BCUT2D eigenvalue weighted by Crippen LogP contribution is 2.44. The van der Waals surface area contributed by atoms with Gasteiger partial charge in [-0.1, -0.05) is 32.4 Å².